The molecule has 2 aromatic heterocycles. The van der Waals surface area contributed by atoms with Gasteiger partial charge in [0, 0.05) is 30.8 Å². The largest absolute Gasteiger partial charge is 0.349 e. The van der Waals surface area contributed by atoms with Crippen LogP contribution in [0.4, 0.5) is 5.95 Å². The van der Waals surface area contributed by atoms with Gasteiger partial charge in [0.05, 0.1) is 6.04 Å². The summed E-state index contributed by atoms with van der Waals surface area (Å²) in [5.74, 6) is 0.980. The first-order valence-corrected chi connectivity index (χ1v) is 7.54. The Morgan fingerprint density at radius 3 is 2.85 bits per heavy atom. The van der Waals surface area contributed by atoms with Crippen molar-refractivity contribution in [2.24, 2.45) is 0 Å². The minimum atomic E-state index is 0.216. The molecule has 0 aliphatic heterocycles. The number of pyridine rings is 1. The van der Waals surface area contributed by atoms with Crippen LogP contribution in [0.25, 0.3) is 0 Å². The van der Waals surface area contributed by atoms with Crippen molar-refractivity contribution in [3.63, 3.8) is 0 Å². The number of hydrogen-bond donors (Lipinski definition) is 1. The van der Waals surface area contributed by atoms with E-state index in [2.05, 4.69) is 39.0 Å². The molecule has 2 aromatic rings. The highest BCUT2D eigenvalue weighted by Gasteiger charge is 2.18. The summed E-state index contributed by atoms with van der Waals surface area (Å²) in [5.41, 5.74) is 1.19. The first-order valence-electron chi connectivity index (χ1n) is 7.54. The predicted octanol–water partition coefficient (Wildman–Crippen LogP) is 3.96. The topological polar surface area (TPSA) is 42.7 Å². The second-order valence-corrected chi connectivity index (χ2v) is 5.60. The van der Waals surface area contributed by atoms with Crippen LogP contribution in [-0.4, -0.2) is 14.5 Å². The lowest BCUT2D eigenvalue weighted by molar-refractivity contribution is 0.355. The summed E-state index contributed by atoms with van der Waals surface area (Å²) in [6.07, 6.45) is 14.3. The standard InChI is InChI=1S/C16H22N4/c1-13(14-6-5-9-17-12-14)19-16-18-10-11-20(16)15-7-3-2-4-8-15/h5-6,9-13,15H,2-4,7-8H2,1H3,(H,18,19). The number of nitrogens with zero attached hydrogens (tertiary/aromatic N) is 3. The summed E-state index contributed by atoms with van der Waals surface area (Å²) >= 11 is 0. The Hall–Kier alpha value is -1.84. The molecule has 1 unspecified atom stereocenters. The predicted molar refractivity (Wildman–Crippen MR) is 80.6 cm³/mol. The van der Waals surface area contributed by atoms with Gasteiger partial charge >= 0.3 is 0 Å². The third-order valence-corrected chi connectivity index (χ3v) is 4.17. The van der Waals surface area contributed by atoms with Crippen LogP contribution in [-0.2, 0) is 0 Å². The van der Waals surface area contributed by atoms with Gasteiger partial charge in [-0.05, 0) is 31.4 Å². The summed E-state index contributed by atoms with van der Waals surface area (Å²) in [4.78, 5) is 8.67. The Bertz CT molecular complexity index is 528. The van der Waals surface area contributed by atoms with Crippen LogP contribution in [0.5, 0.6) is 0 Å². The van der Waals surface area contributed by atoms with Crippen LogP contribution < -0.4 is 5.32 Å². The molecule has 1 aliphatic carbocycles. The molecule has 1 fully saturated rings. The lowest BCUT2D eigenvalue weighted by Crippen LogP contribution is -2.17. The third-order valence-electron chi connectivity index (χ3n) is 4.17. The van der Waals surface area contributed by atoms with Crippen molar-refractivity contribution in [3.8, 4) is 0 Å². The Balaban J connectivity index is 1.73. The Kier molecular flexibility index (Phi) is 4.00. The molecular formula is C16H22N4. The highest BCUT2D eigenvalue weighted by molar-refractivity contribution is 5.32. The minimum Gasteiger partial charge on any atom is -0.349 e. The maximum absolute atomic E-state index is 4.49. The van der Waals surface area contributed by atoms with Gasteiger partial charge in [-0.15, -0.1) is 0 Å². The molecule has 2 heterocycles. The second-order valence-electron chi connectivity index (χ2n) is 5.60. The van der Waals surface area contributed by atoms with Gasteiger partial charge in [-0.25, -0.2) is 4.98 Å². The number of nitrogens with one attached hydrogen (secondary N) is 1. The molecule has 1 atom stereocenters. The van der Waals surface area contributed by atoms with E-state index in [0.717, 1.165) is 5.95 Å². The van der Waals surface area contributed by atoms with E-state index in [1.54, 1.807) is 6.20 Å². The average Bonchev–Trinajstić information content (AvgIpc) is 2.97. The average molecular weight is 270 g/mol. The summed E-state index contributed by atoms with van der Waals surface area (Å²) in [6.45, 7) is 2.15. The van der Waals surface area contributed by atoms with Gasteiger partial charge in [0.2, 0.25) is 5.95 Å². The smallest absolute Gasteiger partial charge is 0.203 e. The van der Waals surface area contributed by atoms with Crippen molar-refractivity contribution in [1.29, 1.82) is 0 Å². The van der Waals surface area contributed by atoms with Crippen molar-refractivity contribution in [2.45, 2.75) is 51.1 Å². The molecule has 3 rings (SSSR count). The van der Waals surface area contributed by atoms with Gasteiger partial charge in [0.15, 0.2) is 0 Å². The van der Waals surface area contributed by atoms with Crippen LogP contribution in [0.2, 0.25) is 0 Å². The van der Waals surface area contributed by atoms with Crippen LogP contribution in [0.15, 0.2) is 36.9 Å². The number of aromatic nitrogens is 3. The van der Waals surface area contributed by atoms with Gasteiger partial charge in [-0.1, -0.05) is 25.3 Å². The number of imidazole rings is 1. The highest BCUT2D eigenvalue weighted by Crippen LogP contribution is 2.31. The van der Waals surface area contributed by atoms with E-state index in [1.807, 2.05) is 18.5 Å². The van der Waals surface area contributed by atoms with E-state index < -0.39 is 0 Å². The van der Waals surface area contributed by atoms with Crippen molar-refractivity contribution < 1.29 is 0 Å². The van der Waals surface area contributed by atoms with Gasteiger partial charge < -0.3 is 9.88 Å². The number of anilines is 1. The zero-order chi connectivity index (χ0) is 13.8. The summed E-state index contributed by atoms with van der Waals surface area (Å²) in [6, 6.07) is 4.89. The fraction of sp³-hybridized carbons (Fsp3) is 0.500. The molecule has 106 valence electrons. The quantitative estimate of drug-likeness (QED) is 0.914. The van der Waals surface area contributed by atoms with Crippen LogP contribution >= 0.6 is 0 Å². The van der Waals surface area contributed by atoms with Gasteiger partial charge in [0.1, 0.15) is 0 Å². The Morgan fingerprint density at radius 1 is 1.25 bits per heavy atom. The van der Waals surface area contributed by atoms with Crippen LogP contribution in [0.1, 0.15) is 56.7 Å². The Labute approximate surface area is 120 Å². The van der Waals surface area contributed by atoms with E-state index in [-0.39, 0.29) is 6.04 Å². The van der Waals surface area contributed by atoms with E-state index in [9.17, 15) is 0 Å². The molecule has 0 aromatic carbocycles. The minimum absolute atomic E-state index is 0.216. The van der Waals surface area contributed by atoms with E-state index in [4.69, 9.17) is 0 Å². The SMILES string of the molecule is CC(Nc1nccn1C1CCCCC1)c1cccnc1. The maximum atomic E-state index is 4.49. The summed E-state index contributed by atoms with van der Waals surface area (Å²) < 4.78 is 2.31. The van der Waals surface area contributed by atoms with E-state index in [0.29, 0.717) is 6.04 Å². The molecule has 0 spiro atoms. The molecule has 20 heavy (non-hydrogen) atoms. The Morgan fingerprint density at radius 2 is 2.10 bits per heavy atom. The molecule has 1 aliphatic rings. The molecule has 1 N–H and O–H groups in total. The molecular weight excluding hydrogens is 248 g/mol. The number of hydrogen-bond acceptors (Lipinski definition) is 3. The molecule has 4 heteroatoms. The van der Waals surface area contributed by atoms with Crippen LogP contribution in [0.3, 0.4) is 0 Å². The molecule has 1 saturated carbocycles. The number of rotatable bonds is 4. The first kappa shape index (κ1) is 13.2. The van der Waals surface area contributed by atoms with Gasteiger partial charge in [-0.3, -0.25) is 4.98 Å². The van der Waals surface area contributed by atoms with E-state index >= 15 is 0 Å². The zero-order valence-electron chi connectivity index (χ0n) is 12.0. The normalized spacial score (nSPS) is 17.9. The first-order chi connectivity index (χ1) is 9.84. The lowest BCUT2D eigenvalue weighted by Gasteiger charge is -2.26. The van der Waals surface area contributed by atoms with Crippen molar-refractivity contribution in [2.75, 3.05) is 5.32 Å². The van der Waals surface area contributed by atoms with Crippen molar-refractivity contribution in [3.05, 3.63) is 42.5 Å². The van der Waals surface area contributed by atoms with Crippen LogP contribution in [0, 0.1) is 0 Å². The van der Waals surface area contributed by atoms with E-state index in [1.165, 1.54) is 37.7 Å². The van der Waals surface area contributed by atoms with Gasteiger partial charge in [-0.2, -0.15) is 0 Å². The molecule has 4 nitrogen and oxygen atoms in total. The lowest BCUT2D eigenvalue weighted by atomic mass is 9.95. The third kappa shape index (κ3) is 2.84. The molecule has 0 saturated heterocycles. The van der Waals surface area contributed by atoms with Gasteiger partial charge in [0.25, 0.3) is 0 Å². The second kappa shape index (κ2) is 6.07. The molecule has 0 amide bonds. The molecule has 0 bridgehead atoms. The van der Waals surface area contributed by atoms with Crippen molar-refractivity contribution in [1.82, 2.24) is 14.5 Å². The maximum Gasteiger partial charge on any atom is 0.203 e. The summed E-state index contributed by atoms with van der Waals surface area (Å²) in [5, 5.41) is 3.52. The monoisotopic (exact) mass is 270 g/mol. The van der Waals surface area contributed by atoms with Crippen molar-refractivity contribution >= 4 is 5.95 Å². The fourth-order valence-corrected chi connectivity index (χ4v) is 2.99. The highest BCUT2D eigenvalue weighted by atomic mass is 15.2. The molecule has 0 radical (unpaired) electrons. The zero-order valence-corrected chi connectivity index (χ0v) is 12.0. The fourth-order valence-electron chi connectivity index (χ4n) is 2.99. The summed E-state index contributed by atoms with van der Waals surface area (Å²) in [7, 11) is 0.